The molecule has 31 heavy (non-hydrogen) atoms. The van der Waals surface area contributed by atoms with Crippen molar-refractivity contribution in [1.29, 1.82) is 0 Å². The Morgan fingerprint density at radius 1 is 0.387 bits per heavy atom. The molecule has 0 atom stereocenters. The monoisotopic (exact) mass is 440 g/mol. The lowest BCUT2D eigenvalue weighted by molar-refractivity contribution is 0.219. The molecule has 0 radical (unpaired) electrons. The van der Waals surface area contributed by atoms with Crippen LogP contribution in [-0.4, -0.2) is 60.8 Å². The number of nitrogens with zero attached hydrogens (tertiary/aromatic N) is 2. The molecule has 0 fully saturated rings. The topological polar surface area (TPSA) is 26.7 Å². The summed E-state index contributed by atoms with van der Waals surface area (Å²) in [6.45, 7) is 14.5. The lowest BCUT2D eigenvalue weighted by Crippen LogP contribution is -2.31. The molecule has 3 nitrogen and oxygen atoms in total. The highest BCUT2D eigenvalue weighted by Crippen LogP contribution is 2.13. The predicted octanol–water partition coefficient (Wildman–Crippen LogP) is 7.66. The van der Waals surface area contributed by atoms with Crippen LogP contribution in [0.2, 0.25) is 0 Å². The van der Waals surface area contributed by atoms with Gasteiger partial charge in [-0.25, -0.2) is 0 Å². The summed E-state index contributed by atoms with van der Waals surface area (Å²) in [6, 6.07) is 0. The van der Waals surface area contributed by atoms with Crippen LogP contribution in [0.25, 0.3) is 0 Å². The molecule has 3 heteroatoms. The molecular formula is C28H60N2O. The van der Waals surface area contributed by atoms with Crippen molar-refractivity contribution in [3.63, 3.8) is 0 Å². The quantitative estimate of drug-likeness (QED) is 0.140. The third kappa shape index (κ3) is 22.9. The van der Waals surface area contributed by atoms with Gasteiger partial charge in [0.2, 0.25) is 0 Å². The number of hydrogen-bond acceptors (Lipinski definition) is 3. The maximum absolute atomic E-state index is 8.96. The molecule has 188 valence electrons. The first-order valence-electron chi connectivity index (χ1n) is 14.3. The van der Waals surface area contributed by atoms with E-state index in [4.69, 9.17) is 5.11 Å². The standard InChI is InChI=1S/C28H60N2O/c1-4-7-8-9-10-11-12-13-14-15-16-17-18-19-25-30(23-5-2)27-22-26-29(6-3)24-20-21-28-31/h31H,4-28H2,1-3H3. The van der Waals surface area contributed by atoms with Crippen LogP contribution >= 0.6 is 0 Å². The predicted molar refractivity (Wildman–Crippen MR) is 140 cm³/mol. The maximum atomic E-state index is 8.96. The van der Waals surface area contributed by atoms with Gasteiger partial charge in [-0.2, -0.15) is 0 Å². The van der Waals surface area contributed by atoms with E-state index in [0.29, 0.717) is 6.61 Å². The van der Waals surface area contributed by atoms with Crippen molar-refractivity contribution in [2.75, 3.05) is 45.9 Å². The first kappa shape index (κ1) is 30.9. The third-order valence-electron chi connectivity index (χ3n) is 6.65. The lowest BCUT2D eigenvalue weighted by Gasteiger charge is -2.25. The van der Waals surface area contributed by atoms with Gasteiger partial charge >= 0.3 is 0 Å². The summed E-state index contributed by atoms with van der Waals surface area (Å²) < 4.78 is 0. The van der Waals surface area contributed by atoms with Crippen molar-refractivity contribution in [3.05, 3.63) is 0 Å². The second-order valence-electron chi connectivity index (χ2n) is 9.66. The first-order chi connectivity index (χ1) is 15.3. The van der Waals surface area contributed by atoms with E-state index in [2.05, 4.69) is 30.6 Å². The molecule has 0 heterocycles. The average molecular weight is 441 g/mol. The van der Waals surface area contributed by atoms with Crippen LogP contribution < -0.4 is 0 Å². The molecule has 1 N–H and O–H groups in total. The first-order valence-corrected chi connectivity index (χ1v) is 14.3. The molecular weight excluding hydrogens is 380 g/mol. The molecule has 0 saturated heterocycles. The van der Waals surface area contributed by atoms with Gasteiger partial charge in [0.15, 0.2) is 0 Å². The van der Waals surface area contributed by atoms with Crippen molar-refractivity contribution < 1.29 is 5.11 Å². The van der Waals surface area contributed by atoms with Gasteiger partial charge in [0.25, 0.3) is 0 Å². The largest absolute Gasteiger partial charge is 0.396 e. The average Bonchev–Trinajstić information content (AvgIpc) is 2.78. The zero-order chi connectivity index (χ0) is 22.8. The Morgan fingerprint density at radius 3 is 1.29 bits per heavy atom. The summed E-state index contributed by atoms with van der Waals surface area (Å²) in [6.07, 6.45) is 24.8. The number of unbranched alkanes of at least 4 members (excludes halogenated alkanes) is 14. The second-order valence-corrected chi connectivity index (χ2v) is 9.66. The van der Waals surface area contributed by atoms with Crippen LogP contribution in [0.15, 0.2) is 0 Å². The fourth-order valence-corrected chi connectivity index (χ4v) is 4.57. The molecule has 0 unspecified atom stereocenters. The third-order valence-corrected chi connectivity index (χ3v) is 6.65. The highest BCUT2D eigenvalue weighted by atomic mass is 16.2. The molecule has 0 saturated carbocycles. The molecule has 0 aromatic rings. The Bertz CT molecular complexity index is 324. The van der Waals surface area contributed by atoms with Crippen molar-refractivity contribution in [3.8, 4) is 0 Å². The van der Waals surface area contributed by atoms with Crippen molar-refractivity contribution in [2.45, 2.75) is 136 Å². The summed E-state index contributed by atoms with van der Waals surface area (Å²) >= 11 is 0. The molecule has 0 spiro atoms. The summed E-state index contributed by atoms with van der Waals surface area (Å²) in [5.74, 6) is 0. The highest BCUT2D eigenvalue weighted by molar-refractivity contribution is 4.62. The van der Waals surface area contributed by atoms with E-state index in [9.17, 15) is 0 Å². The maximum Gasteiger partial charge on any atom is 0.0431 e. The Kier molecular flexibility index (Phi) is 26.0. The van der Waals surface area contributed by atoms with Crippen LogP contribution in [0, 0.1) is 0 Å². The minimum absolute atomic E-state index is 0.334. The Hall–Kier alpha value is -0.120. The van der Waals surface area contributed by atoms with E-state index in [1.165, 1.54) is 129 Å². The van der Waals surface area contributed by atoms with E-state index in [0.717, 1.165) is 25.9 Å². The summed E-state index contributed by atoms with van der Waals surface area (Å²) in [5, 5.41) is 8.96. The van der Waals surface area contributed by atoms with Gasteiger partial charge in [-0.3, -0.25) is 0 Å². The van der Waals surface area contributed by atoms with Gasteiger partial charge in [-0.05, 0) is 71.4 Å². The lowest BCUT2D eigenvalue weighted by atomic mass is 10.0. The summed E-state index contributed by atoms with van der Waals surface area (Å²) in [4.78, 5) is 5.24. The van der Waals surface area contributed by atoms with Crippen LogP contribution in [-0.2, 0) is 0 Å². The number of hydrogen-bond donors (Lipinski definition) is 1. The molecule has 0 rings (SSSR count). The van der Waals surface area contributed by atoms with Crippen LogP contribution in [0.4, 0.5) is 0 Å². The van der Waals surface area contributed by atoms with Gasteiger partial charge in [-0.15, -0.1) is 0 Å². The minimum atomic E-state index is 0.334. The number of aliphatic hydroxyl groups excluding tert-OH is 1. The van der Waals surface area contributed by atoms with E-state index in [1.54, 1.807) is 0 Å². The normalized spacial score (nSPS) is 11.8. The molecule has 0 aliphatic rings. The molecule has 0 aromatic heterocycles. The Labute approximate surface area is 197 Å². The van der Waals surface area contributed by atoms with Gasteiger partial charge in [0, 0.05) is 6.61 Å². The van der Waals surface area contributed by atoms with E-state index < -0.39 is 0 Å². The Balaban J connectivity index is 3.55. The van der Waals surface area contributed by atoms with Crippen LogP contribution in [0.1, 0.15) is 136 Å². The molecule has 0 aliphatic carbocycles. The van der Waals surface area contributed by atoms with Crippen LogP contribution in [0.5, 0.6) is 0 Å². The van der Waals surface area contributed by atoms with E-state index in [-0.39, 0.29) is 0 Å². The number of rotatable bonds is 26. The fraction of sp³-hybridized carbons (Fsp3) is 1.00. The van der Waals surface area contributed by atoms with Crippen molar-refractivity contribution >= 4 is 0 Å². The smallest absolute Gasteiger partial charge is 0.0431 e. The highest BCUT2D eigenvalue weighted by Gasteiger charge is 2.06. The Morgan fingerprint density at radius 2 is 0.806 bits per heavy atom. The van der Waals surface area contributed by atoms with Gasteiger partial charge in [0.05, 0.1) is 0 Å². The van der Waals surface area contributed by atoms with Crippen molar-refractivity contribution in [2.24, 2.45) is 0 Å². The number of aliphatic hydroxyl groups is 1. The van der Waals surface area contributed by atoms with Crippen LogP contribution in [0.3, 0.4) is 0 Å². The minimum Gasteiger partial charge on any atom is -0.396 e. The van der Waals surface area contributed by atoms with Gasteiger partial charge < -0.3 is 14.9 Å². The van der Waals surface area contributed by atoms with Gasteiger partial charge in [0.1, 0.15) is 0 Å². The molecule has 0 aromatic carbocycles. The second kappa shape index (κ2) is 26.1. The molecule has 0 aliphatic heterocycles. The van der Waals surface area contributed by atoms with E-state index in [1.807, 2.05) is 0 Å². The van der Waals surface area contributed by atoms with Crippen molar-refractivity contribution in [1.82, 2.24) is 9.80 Å². The zero-order valence-corrected chi connectivity index (χ0v) is 22.0. The molecule has 0 amide bonds. The summed E-state index contributed by atoms with van der Waals surface area (Å²) in [5.41, 5.74) is 0. The summed E-state index contributed by atoms with van der Waals surface area (Å²) in [7, 11) is 0. The fourth-order valence-electron chi connectivity index (χ4n) is 4.57. The zero-order valence-electron chi connectivity index (χ0n) is 22.0. The SMILES string of the molecule is CCCCCCCCCCCCCCCCN(CCC)CCCN(CC)CCCCO. The molecule has 0 bridgehead atoms. The van der Waals surface area contributed by atoms with Gasteiger partial charge in [-0.1, -0.05) is 104 Å². The van der Waals surface area contributed by atoms with E-state index >= 15 is 0 Å².